The summed E-state index contributed by atoms with van der Waals surface area (Å²) in [5.41, 5.74) is 2.46. The number of halogens is 1. The Labute approximate surface area is 143 Å². The van der Waals surface area contributed by atoms with Crippen molar-refractivity contribution in [2.75, 3.05) is 0 Å². The third kappa shape index (κ3) is 2.88. The van der Waals surface area contributed by atoms with E-state index in [1.165, 1.54) is 6.07 Å². The van der Waals surface area contributed by atoms with Crippen molar-refractivity contribution in [3.63, 3.8) is 0 Å². The number of rotatable bonds is 2. The number of benzene rings is 1. The number of hydrogen-bond acceptors (Lipinski definition) is 2. The van der Waals surface area contributed by atoms with Gasteiger partial charge in [-0.3, -0.25) is 0 Å². The molecule has 0 aliphatic rings. The molecule has 0 spiro atoms. The molecule has 0 amide bonds. The number of carbonyl (C=O) groups is 1. The molecule has 96 valence electrons. The molecule has 2 aromatic heterocycles. The quantitative estimate of drug-likeness (QED) is 0.700. The van der Waals surface area contributed by atoms with E-state index in [-0.39, 0.29) is 36.5 Å². The molecule has 3 rings (SSSR count). The molecule has 0 bridgehead atoms. The fourth-order valence-electron chi connectivity index (χ4n) is 1.90. The van der Waals surface area contributed by atoms with E-state index in [9.17, 15) is 4.79 Å². The number of aromatic nitrogens is 2. The maximum Gasteiger partial charge on any atom is 1.00 e. The summed E-state index contributed by atoms with van der Waals surface area (Å²) in [7, 11) is 0. The van der Waals surface area contributed by atoms with Gasteiger partial charge in [0.15, 0.2) is 0 Å². The maximum absolute atomic E-state index is 10.9. The summed E-state index contributed by atoms with van der Waals surface area (Å²) >= 11 is 5.95. The van der Waals surface area contributed by atoms with E-state index < -0.39 is 5.97 Å². The zero-order chi connectivity index (χ0) is 13.4. The van der Waals surface area contributed by atoms with Gasteiger partial charge in [-0.1, -0.05) is 23.7 Å². The van der Waals surface area contributed by atoms with E-state index >= 15 is 0 Å². The molecule has 2 heterocycles. The number of carboxylic acids is 1. The Morgan fingerprint density at radius 2 is 2.10 bits per heavy atom. The Morgan fingerprint density at radius 1 is 1.30 bits per heavy atom. The fourth-order valence-corrected chi connectivity index (χ4v) is 2.09. The van der Waals surface area contributed by atoms with Crippen LogP contribution in [0.25, 0.3) is 16.9 Å². The maximum atomic E-state index is 10.9. The fraction of sp³-hybridized carbons (Fsp3) is 0. The predicted molar refractivity (Wildman–Crippen MR) is 73.7 cm³/mol. The van der Waals surface area contributed by atoms with E-state index in [0.717, 1.165) is 11.3 Å². The van der Waals surface area contributed by atoms with Crippen LogP contribution in [0.2, 0.25) is 5.02 Å². The van der Waals surface area contributed by atoms with Gasteiger partial charge in [0.05, 0.1) is 11.3 Å². The van der Waals surface area contributed by atoms with Gasteiger partial charge in [-0.15, -0.1) is 0 Å². The average Bonchev–Trinajstić information content (AvgIpc) is 2.81. The number of fused-ring (bicyclic) bond motifs is 1. The molecule has 1 N–H and O–H groups in total. The number of hydrogen-bond donors (Lipinski definition) is 1. The van der Waals surface area contributed by atoms with E-state index in [2.05, 4.69) is 4.98 Å². The minimum atomic E-state index is -0.963. The molecule has 0 aliphatic heterocycles. The van der Waals surface area contributed by atoms with E-state index in [1.807, 2.05) is 24.4 Å². The molecular formula is C14H10ClN2NaO2. The second kappa shape index (κ2) is 5.97. The Balaban J connectivity index is 0.00000110. The van der Waals surface area contributed by atoms with Crippen molar-refractivity contribution in [3.05, 3.63) is 59.4 Å². The Kier molecular flexibility index (Phi) is 4.50. The first-order valence-electron chi connectivity index (χ1n) is 5.61. The minimum Gasteiger partial charge on any atom is -1.00 e. The van der Waals surface area contributed by atoms with Crippen molar-refractivity contribution in [3.8, 4) is 11.3 Å². The summed E-state index contributed by atoms with van der Waals surface area (Å²) in [4.78, 5) is 15.3. The first-order chi connectivity index (χ1) is 9.13. The van der Waals surface area contributed by atoms with Crippen LogP contribution in [0.4, 0.5) is 0 Å². The van der Waals surface area contributed by atoms with Crippen molar-refractivity contribution in [1.82, 2.24) is 9.38 Å². The monoisotopic (exact) mass is 296 g/mol. The molecule has 0 saturated carbocycles. The molecule has 0 saturated heterocycles. The van der Waals surface area contributed by atoms with Gasteiger partial charge in [0.1, 0.15) is 5.65 Å². The van der Waals surface area contributed by atoms with Crippen LogP contribution < -0.4 is 29.6 Å². The summed E-state index contributed by atoms with van der Waals surface area (Å²) < 4.78 is 1.78. The summed E-state index contributed by atoms with van der Waals surface area (Å²) in [5, 5.41) is 9.59. The standard InChI is InChI=1S/C14H9ClN2O2.Na.H/c15-11-3-1-2-9(6-11)12-8-17-5-4-10(14(18)19)7-13(17)16-12;;/h1-8H,(H,18,19);;/q;+1;-1. The van der Waals surface area contributed by atoms with Crippen LogP contribution in [0.1, 0.15) is 11.8 Å². The average molecular weight is 297 g/mol. The third-order valence-corrected chi connectivity index (χ3v) is 3.06. The third-order valence-electron chi connectivity index (χ3n) is 2.83. The normalized spacial score (nSPS) is 10.2. The zero-order valence-electron chi connectivity index (χ0n) is 11.7. The van der Waals surface area contributed by atoms with E-state index in [1.54, 1.807) is 22.7 Å². The number of imidazole rings is 1. The molecule has 0 atom stereocenters. The SMILES string of the molecule is O=C(O)c1ccn2cc(-c3cccc(Cl)c3)nc2c1.[H-].[Na+]. The molecule has 20 heavy (non-hydrogen) atoms. The van der Waals surface area contributed by atoms with E-state index in [4.69, 9.17) is 16.7 Å². The van der Waals surface area contributed by atoms with Crippen molar-refractivity contribution in [2.24, 2.45) is 0 Å². The molecular weight excluding hydrogens is 287 g/mol. The van der Waals surface area contributed by atoms with Gasteiger partial charge >= 0.3 is 35.5 Å². The first kappa shape index (κ1) is 15.1. The van der Waals surface area contributed by atoms with Crippen LogP contribution >= 0.6 is 11.6 Å². The largest absolute Gasteiger partial charge is 1.00 e. The molecule has 1 aromatic carbocycles. The van der Waals surface area contributed by atoms with Crippen LogP contribution in [0.3, 0.4) is 0 Å². The van der Waals surface area contributed by atoms with Crippen molar-refractivity contribution in [2.45, 2.75) is 0 Å². The molecule has 0 unspecified atom stereocenters. The summed E-state index contributed by atoms with van der Waals surface area (Å²) in [6.07, 6.45) is 3.52. The molecule has 0 aliphatic carbocycles. The van der Waals surface area contributed by atoms with Gasteiger partial charge in [-0.05, 0) is 24.3 Å². The van der Waals surface area contributed by atoms with Crippen LogP contribution in [0.5, 0.6) is 0 Å². The van der Waals surface area contributed by atoms with Gasteiger partial charge in [0.2, 0.25) is 0 Å². The van der Waals surface area contributed by atoms with Gasteiger partial charge in [-0.2, -0.15) is 0 Å². The number of aromatic carboxylic acids is 1. The summed E-state index contributed by atoms with van der Waals surface area (Å²) in [5.74, 6) is -0.963. The topological polar surface area (TPSA) is 54.6 Å². The van der Waals surface area contributed by atoms with Crippen molar-refractivity contribution < 1.29 is 40.9 Å². The van der Waals surface area contributed by atoms with Gasteiger partial charge < -0.3 is 10.9 Å². The van der Waals surface area contributed by atoms with Gasteiger partial charge in [0.25, 0.3) is 0 Å². The van der Waals surface area contributed by atoms with Crippen LogP contribution in [-0.4, -0.2) is 20.5 Å². The zero-order valence-corrected chi connectivity index (χ0v) is 13.5. The Bertz CT molecular complexity index is 791. The van der Waals surface area contributed by atoms with Crippen LogP contribution in [0.15, 0.2) is 48.8 Å². The smallest absolute Gasteiger partial charge is 1.00 e. The van der Waals surface area contributed by atoms with Crippen molar-refractivity contribution in [1.29, 1.82) is 0 Å². The van der Waals surface area contributed by atoms with E-state index in [0.29, 0.717) is 10.7 Å². The predicted octanol–water partition coefficient (Wildman–Crippen LogP) is 0.469. The molecule has 6 heteroatoms. The Hall–Kier alpha value is -1.33. The molecule has 0 radical (unpaired) electrons. The minimum absolute atomic E-state index is 0. The molecule has 3 aromatic rings. The molecule has 0 fully saturated rings. The second-order valence-electron chi connectivity index (χ2n) is 4.12. The Morgan fingerprint density at radius 3 is 2.80 bits per heavy atom. The first-order valence-corrected chi connectivity index (χ1v) is 5.99. The van der Waals surface area contributed by atoms with Crippen LogP contribution in [0, 0.1) is 0 Å². The molecule has 4 nitrogen and oxygen atoms in total. The van der Waals surface area contributed by atoms with Gasteiger partial charge in [-0.25, -0.2) is 9.78 Å². The summed E-state index contributed by atoms with van der Waals surface area (Å²) in [6.45, 7) is 0. The summed E-state index contributed by atoms with van der Waals surface area (Å²) in [6, 6.07) is 10.5. The van der Waals surface area contributed by atoms with Crippen LogP contribution in [-0.2, 0) is 0 Å². The van der Waals surface area contributed by atoms with Crippen molar-refractivity contribution >= 4 is 23.2 Å². The number of nitrogens with zero attached hydrogens (tertiary/aromatic N) is 2. The number of pyridine rings is 1. The number of carboxylic acid groups (broad SMARTS) is 1. The van der Waals surface area contributed by atoms with Gasteiger partial charge in [0, 0.05) is 23.0 Å². The second-order valence-corrected chi connectivity index (χ2v) is 4.56.